The number of ether oxygens (including phenoxy) is 2. The van der Waals surface area contributed by atoms with E-state index < -0.39 is 17.8 Å². The summed E-state index contributed by atoms with van der Waals surface area (Å²) in [6.07, 6.45) is -1.01. The lowest BCUT2D eigenvalue weighted by Gasteiger charge is -2.20. The monoisotopic (exact) mass is 462 g/mol. The highest BCUT2D eigenvalue weighted by Gasteiger charge is 2.17. The number of carbonyl (C=O) groups is 2. The van der Waals surface area contributed by atoms with Crippen molar-refractivity contribution in [3.05, 3.63) is 78.4 Å². The van der Waals surface area contributed by atoms with Crippen molar-refractivity contribution in [3.8, 4) is 0 Å². The lowest BCUT2D eigenvalue weighted by molar-refractivity contribution is 0.0636. The van der Waals surface area contributed by atoms with Gasteiger partial charge in [0.25, 0.3) is 0 Å². The van der Waals surface area contributed by atoms with Crippen molar-refractivity contribution in [2.24, 2.45) is 0 Å². The first kappa shape index (κ1) is 24.4. The maximum atomic E-state index is 12.4. The van der Waals surface area contributed by atoms with Crippen LogP contribution >= 0.6 is 0 Å². The number of carbonyl (C=O) groups excluding carboxylic acids is 2. The molecule has 0 unspecified atom stereocenters. The molecule has 0 heterocycles. The molecule has 0 bridgehead atoms. The average molecular weight is 463 g/mol. The topological polar surface area (TPSA) is 106 Å². The molecule has 3 aromatic carbocycles. The molecule has 0 saturated carbocycles. The van der Waals surface area contributed by atoms with E-state index in [-0.39, 0.29) is 6.61 Å². The van der Waals surface area contributed by atoms with E-state index in [1.807, 2.05) is 36.4 Å². The summed E-state index contributed by atoms with van der Waals surface area (Å²) >= 11 is 0. The van der Waals surface area contributed by atoms with E-state index in [0.29, 0.717) is 22.7 Å². The molecule has 2 amide bonds. The Morgan fingerprint density at radius 1 is 0.941 bits per heavy atom. The number of hydrogen-bond acceptors (Lipinski definition) is 6. The minimum atomic E-state index is -0.586. The molecule has 0 spiro atoms. The smallest absolute Gasteiger partial charge is 0.414 e. The quantitative estimate of drug-likeness (QED) is 0.380. The van der Waals surface area contributed by atoms with Gasteiger partial charge in [0, 0.05) is 24.1 Å². The van der Waals surface area contributed by atoms with E-state index in [1.165, 1.54) is 4.90 Å². The Labute approximate surface area is 199 Å². The number of amides is 2. The normalized spacial score (nSPS) is 10.8. The Bertz CT molecular complexity index is 1140. The van der Waals surface area contributed by atoms with E-state index in [0.717, 1.165) is 11.3 Å². The Kier molecular flexibility index (Phi) is 7.63. The minimum absolute atomic E-state index is 0.187. The van der Waals surface area contributed by atoms with Gasteiger partial charge in [0.2, 0.25) is 0 Å². The second kappa shape index (κ2) is 10.6. The van der Waals surface area contributed by atoms with Gasteiger partial charge in [0.15, 0.2) is 0 Å². The molecule has 4 N–H and O–H groups in total. The van der Waals surface area contributed by atoms with E-state index in [4.69, 9.17) is 15.2 Å². The van der Waals surface area contributed by atoms with Crippen molar-refractivity contribution in [1.82, 2.24) is 0 Å². The first-order chi connectivity index (χ1) is 16.1. The minimum Gasteiger partial charge on any atom is -0.444 e. The number of nitrogens with zero attached hydrogens (tertiary/aromatic N) is 1. The predicted molar refractivity (Wildman–Crippen MR) is 135 cm³/mol. The van der Waals surface area contributed by atoms with Crippen molar-refractivity contribution in [2.45, 2.75) is 33.0 Å². The standard InChI is InChI=1S/C26H30N4O4/c1-26(2,3)34-24(31)29-20-12-8-11-19(15-20)28-23-14-13-21(16-22(23)27)30(4)25(32)33-17-18-9-6-5-7-10-18/h5-16,28H,17,27H2,1-4H3,(H,29,31). The number of nitrogens with two attached hydrogens (primary N) is 1. The Morgan fingerprint density at radius 3 is 2.32 bits per heavy atom. The van der Waals surface area contributed by atoms with Crippen LogP contribution in [-0.2, 0) is 16.1 Å². The fraction of sp³-hybridized carbons (Fsp3) is 0.231. The van der Waals surface area contributed by atoms with Crippen LogP contribution in [-0.4, -0.2) is 24.8 Å². The zero-order valence-electron chi connectivity index (χ0n) is 19.8. The van der Waals surface area contributed by atoms with Gasteiger partial charge in [-0.3, -0.25) is 10.2 Å². The van der Waals surface area contributed by atoms with Crippen LogP contribution in [0.3, 0.4) is 0 Å². The third-order valence-electron chi connectivity index (χ3n) is 4.69. The van der Waals surface area contributed by atoms with Crippen LogP contribution in [0.25, 0.3) is 0 Å². The molecule has 0 fully saturated rings. The van der Waals surface area contributed by atoms with E-state index >= 15 is 0 Å². The summed E-state index contributed by atoms with van der Waals surface area (Å²) in [5.41, 5.74) is 9.56. The number of benzene rings is 3. The molecule has 34 heavy (non-hydrogen) atoms. The number of rotatable bonds is 6. The fourth-order valence-electron chi connectivity index (χ4n) is 3.05. The number of nitrogen functional groups attached to an aromatic ring is 1. The van der Waals surface area contributed by atoms with Gasteiger partial charge in [-0.2, -0.15) is 0 Å². The maximum absolute atomic E-state index is 12.4. The lowest BCUT2D eigenvalue weighted by Crippen LogP contribution is -2.27. The number of hydrogen-bond donors (Lipinski definition) is 3. The summed E-state index contributed by atoms with van der Waals surface area (Å²) in [5.74, 6) is 0. The van der Waals surface area contributed by atoms with Gasteiger partial charge in [0.1, 0.15) is 12.2 Å². The average Bonchev–Trinajstić information content (AvgIpc) is 2.78. The molecule has 0 atom stereocenters. The molecular formula is C26H30N4O4. The van der Waals surface area contributed by atoms with Gasteiger partial charge in [-0.05, 0) is 62.7 Å². The van der Waals surface area contributed by atoms with Gasteiger partial charge >= 0.3 is 12.2 Å². The third kappa shape index (κ3) is 7.16. The molecule has 0 aliphatic rings. The summed E-state index contributed by atoms with van der Waals surface area (Å²) in [4.78, 5) is 25.8. The zero-order valence-corrected chi connectivity index (χ0v) is 19.8. The summed E-state index contributed by atoms with van der Waals surface area (Å²) in [5, 5.41) is 5.93. The van der Waals surface area contributed by atoms with Gasteiger partial charge in [-0.1, -0.05) is 36.4 Å². The maximum Gasteiger partial charge on any atom is 0.414 e. The number of nitrogens with one attached hydrogen (secondary N) is 2. The summed E-state index contributed by atoms with van der Waals surface area (Å²) in [6, 6.07) is 21.9. The van der Waals surface area contributed by atoms with Crippen molar-refractivity contribution in [2.75, 3.05) is 28.3 Å². The molecule has 0 aliphatic heterocycles. The lowest BCUT2D eigenvalue weighted by atomic mass is 10.2. The van der Waals surface area contributed by atoms with Gasteiger partial charge in [-0.25, -0.2) is 9.59 Å². The first-order valence-corrected chi connectivity index (χ1v) is 10.8. The van der Waals surface area contributed by atoms with E-state index in [1.54, 1.807) is 64.2 Å². The van der Waals surface area contributed by atoms with E-state index in [2.05, 4.69) is 10.6 Å². The summed E-state index contributed by atoms with van der Waals surface area (Å²) < 4.78 is 10.7. The predicted octanol–water partition coefficient (Wildman–Crippen LogP) is 6.13. The highest BCUT2D eigenvalue weighted by atomic mass is 16.6. The molecule has 0 aromatic heterocycles. The van der Waals surface area contributed by atoms with Crippen LogP contribution in [0.15, 0.2) is 72.8 Å². The molecule has 3 aromatic rings. The SMILES string of the molecule is CN(C(=O)OCc1ccccc1)c1ccc(Nc2cccc(NC(=O)OC(C)(C)C)c2)c(N)c1. The van der Waals surface area contributed by atoms with Crippen molar-refractivity contribution >= 4 is 40.6 Å². The molecule has 178 valence electrons. The van der Waals surface area contributed by atoms with E-state index in [9.17, 15) is 9.59 Å². The van der Waals surface area contributed by atoms with Crippen LogP contribution in [0.1, 0.15) is 26.3 Å². The molecule has 3 rings (SSSR count). The molecule has 0 saturated heterocycles. The van der Waals surface area contributed by atoms with Crippen molar-refractivity contribution in [1.29, 1.82) is 0 Å². The van der Waals surface area contributed by atoms with Gasteiger partial charge in [-0.15, -0.1) is 0 Å². The van der Waals surface area contributed by atoms with Gasteiger partial charge in [0.05, 0.1) is 11.4 Å². The zero-order chi connectivity index (χ0) is 24.7. The molecule has 0 aliphatic carbocycles. The summed E-state index contributed by atoms with van der Waals surface area (Å²) in [6.45, 7) is 5.60. The second-order valence-corrected chi connectivity index (χ2v) is 8.70. The van der Waals surface area contributed by atoms with Crippen LogP contribution in [0.4, 0.5) is 38.0 Å². The van der Waals surface area contributed by atoms with Gasteiger partial charge < -0.3 is 20.5 Å². The molecule has 0 radical (unpaired) electrons. The Balaban J connectivity index is 1.62. The highest BCUT2D eigenvalue weighted by molar-refractivity contribution is 5.90. The highest BCUT2D eigenvalue weighted by Crippen LogP contribution is 2.29. The molecular weight excluding hydrogens is 432 g/mol. The number of anilines is 5. The Hall–Kier alpha value is -4.20. The van der Waals surface area contributed by atoms with Crippen LogP contribution < -0.4 is 21.3 Å². The molecule has 8 nitrogen and oxygen atoms in total. The van der Waals surface area contributed by atoms with Crippen LogP contribution in [0.5, 0.6) is 0 Å². The second-order valence-electron chi connectivity index (χ2n) is 8.70. The van der Waals surface area contributed by atoms with Crippen LogP contribution in [0, 0.1) is 0 Å². The third-order valence-corrected chi connectivity index (χ3v) is 4.69. The van der Waals surface area contributed by atoms with Crippen molar-refractivity contribution in [3.63, 3.8) is 0 Å². The van der Waals surface area contributed by atoms with Crippen LogP contribution in [0.2, 0.25) is 0 Å². The fourth-order valence-corrected chi connectivity index (χ4v) is 3.05. The Morgan fingerprint density at radius 2 is 1.65 bits per heavy atom. The molecule has 8 heteroatoms. The van der Waals surface area contributed by atoms with Crippen molar-refractivity contribution < 1.29 is 19.1 Å². The first-order valence-electron chi connectivity index (χ1n) is 10.8. The largest absolute Gasteiger partial charge is 0.444 e. The summed E-state index contributed by atoms with van der Waals surface area (Å²) in [7, 11) is 1.63.